The number of nitro groups is 1. The van der Waals surface area contributed by atoms with Gasteiger partial charge in [-0.1, -0.05) is 24.3 Å². The van der Waals surface area contributed by atoms with Gasteiger partial charge in [0.25, 0.3) is 11.2 Å². The molecule has 1 N–H and O–H groups in total. The first-order valence-electron chi connectivity index (χ1n) is 6.07. The smallest absolute Gasteiger partial charge is 0.273 e. The van der Waals surface area contributed by atoms with Crippen LogP contribution >= 0.6 is 0 Å². The molecular weight excluding hydrogens is 274 g/mol. The molecule has 0 radical (unpaired) electrons. The normalized spacial score (nSPS) is 10.7. The number of H-pyrrole nitrogens is 1. The zero-order valence-electron chi connectivity index (χ0n) is 10.6. The van der Waals surface area contributed by atoms with E-state index in [0.717, 1.165) is 4.57 Å². The number of hydrogen-bond acceptors (Lipinski definition) is 4. The van der Waals surface area contributed by atoms with Gasteiger partial charge in [0.1, 0.15) is 5.69 Å². The van der Waals surface area contributed by atoms with Crippen molar-refractivity contribution in [1.29, 1.82) is 0 Å². The highest BCUT2D eigenvalue weighted by atomic mass is 16.6. The Kier molecular flexibility index (Phi) is 2.87. The second kappa shape index (κ2) is 4.71. The van der Waals surface area contributed by atoms with E-state index in [-0.39, 0.29) is 16.8 Å². The Hall–Kier alpha value is -3.22. The molecule has 0 amide bonds. The average molecular weight is 283 g/mol. The summed E-state index contributed by atoms with van der Waals surface area (Å²) in [4.78, 5) is 36.6. The summed E-state index contributed by atoms with van der Waals surface area (Å²) in [6, 6.07) is 12.3. The van der Waals surface area contributed by atoms with Crippen LogP contribution in [0.5, 0.6) is 0 Å². The number of nitrogens with zero attached hydrogens (tertiary/aromatic N) is 2. The zero-order valence-corrected chi connectivity index (χ0v) is 10.6. The third-order valence-electron chi connectivity index (χ3n) is 3.13. The molecule has 3 aromatic rings. The summed E-state index contributed by atoms with van der Waals surface area (Å²) < 4.78 is 1.13. The number of benzene rings is 2. The average Bonchev–Trinajstić information content (AvgIpc) is 2.47. The summed E-state index contributed by atoms with van der Waals surface area (Å²) in [5.41, 5.74) is -1.02. The molecular formula is C14H9N3O4. The summed E-state index contributed by atoms with van der Waals surface area (Å²) in [5, 5.41) is 11.4. The third-order valence-corrected chi connectivity index (χ3v) is 3.13. The maximum atomic E-state index is 12.1. The van der Waals surface area contributed by atoms with Crippen LogP contribution in [-0.2, 0) is 0 Å². The van der Waals surface area contributed by atoms with Crippen LogP contribution in [0.4, 0.5) is 5.69 Å². The Balaban J connectivity index is 2.50. The lowest BCUT2D eigenvalue weighted by Crippen LogP contribution is -2.29. The van der Waals surface area contributed by atoms with E-state index >= 15 is 0 Å². The molecule has 0 spiro atoms. The van der Waals surface area contributed by atoms with Gasteiger partial charge in [-0.2, -0.15) is 0 Å². The number of nitrogens with one attached hydrogen (secondary N) is 1. The lowest BCUT2D eigenvalue weighted by Gasteiger charge is -2.09. The maximum Gasteiger partial charge on any atom is 0.333 e. The molecule has 7 nitrogen and oxygen atoms in total. The molecule has 0 saturated heterocycles. The van der Waals surface area contributed by atoms with Crippen molar-refractivity contribution in [2.24, 2.45) is 0 Å². The van der Waals surface area contributed by atoms with E-state index in [0.29, 0.717) is 5.52 Å². The molecule has 0 fully saturated rings. The second-order valence-electron chi connectivity index (χ2n) is 4.36. The molecule has 0 atom stereocenters. The fourth-order valence-electron chi connectivity index (χ4n) is 2.24. The van der Waals surface area contributed by atoms with Gasteiger partial charge in [0, 0.05) is 6.07 Å². The number of hydrogen-bond donors (Lipinski definition) is 1. The molecule has 2 aromatic carbocycles. The van der Waals surface area contributed by atoms with Gasteiger partial charge in [-0.25, -0.2) is 4.79 Å². The molecule has 0 aliphatic carbocycles. The Morgan fingerprint density at radius 1 is 1.00 bits per heavy atom. The summed E-state index contributed by atoms with van der Waals surface area (Å²) in [6.45, 7) is 0. The van der Waals surface area contributed by atoms with Gasteiger partial charge in [-0.05, 0) is 18.2 Å². The van der Waals surface area contributed by atoms with E-state index in [9.17, 15) is 19.7 Å². The van der Waals surface area contributed by atoms with Crippen molar-refractivity contribution in [3.05, 3.63) is 79.5 Å². The van der Waals surface area contributed by atoms with E-state index in [1.807, 2.05) is 0 Å². The van der Waals surface area contributed by atoms with Gasteiger partial charge in [0.2, 0.25) is 0 Å². The SMILES string of the molecule is O=c1[nH]c(=O)n(-c2ccccc2[N+](=O)[O-])c2ccccc12. The fraction of sp³-hybridized carbons (Fsp3) is 0. The molecule has 3 rings (SSSR count). The standard InChI is InChI=1S/C14H9N3O4/c18-13-9-5-1-2-6-10(9)16(14(19)15-13)11-7-3-4-8-12(11)17(20)21/h1-8H,(H,15,18,19). The van der Waals surface area contributed by atoms with Gasteiger partial charge >= 0.3 is 5.69 Å². The number of rotatable bonds is 2. The molecule has 1 aromatic heterocycles. The van der Waals surface area contributed by atoms with E-state index in [1.165, 1.54) is 18.2 Å². The lowest BCUT2D eigenvalue weighted by molar-refractivity contribution is -0.384. The Morgan fingerprint density at radius 3 is 2.43 bits per heavy atom. The van der Waals surface area contributed by atoms with E-state index in [4.69, 9.17) is 0 Å². The highest BCUT2D eigenvalue weighted by Gasteiger charge is 2.18. The monoisotopic (exact) mass is 283 g/mol. The summed E-state index contributed by atoms with van der Waals surface area (Å²) in [5.74, 6) is 0. The van der Waals surface area contributed by atoms with Crippen LogP contribution in [0.25, 0.3) is 16.6 Å². The van der Waals surface area contributed by atoms with E-state index in [2.05, 4.69) is 4.98 Å². The summed E-state index contributed by atoms with van der Waals surface area (Å²) in [7, 11) is 0. The van der Waals surface area contributed by atoms with Crippen LogP contribution in [0.2, 0.25) is 0 Å². The third kappa shape index (κ3) is 2.00. The highest BCUT2D eigenvalue weighted by molar-refractivity contribution is 5.80. The number of aromatic nitrogens is 2. The van der Waals surface area contributed by atoms with Crippen molar-refractivity contribution in [3.63, 3.8) is 0 Å². The van der Waals surface area contributed by atoms with Crippen LogP contribution in [-0.4, -0.2) is 14.5 Å². The Morgan fingerprint density at radius 2 is 1.67 bits per heavy atom. The van der Waals surface area contributed by atoms with Crippen LogP contribution in [0.15, 0.2) is 58.1 Å². The van der Waals surface area contributed by atoms with Crippen LogP contribution in [0.3, 0.4) is 0 Å². The van der Waals surface area contributed by atoms with Gasteiger partial charge in [-0.15, -0.1) is 0 Å². The van der Waals surface area contributed by atoms with Crippen molar-refractivity contribution >= 4 is 16.6 Å². The van der Waals surface area contributed by atoms with Gasteiger partial charge in [0.05, 0.1) is 15.8 Å². The minimum Gasteiger partial charge on any atom is -0.273 e. The number of fused-ring (bicyclic) bond motifs is 1. The molecule has 0 aliphatic heterocycles. The molecule has 0 aliphatic rings. The van der Waals surface area contributed by atoms with Gasteiger partial charge in [0.15, 0.2) is 0 Å². The van der Waals surface area contributed by atoms with E-state index in [1.54, 1.807) is 30.3 Å². The Bertz CT molecular complexity index is 972. The predicted octanol–water partition coefficient (Wildman–Crippen LogP) is 1.59. The molecule has 21 heavy (non-hydrogen) atoms. The second-order valence-corrected chi connectivity index (χ2v) is 4.36. The predicted molar refractivity (Wildman–Crippen MR) is 76.8 cm³/mol. The maximum absolute atomic E-state index is 12.1. The van der Waals surface area contributed by atoms with Crippen LogP contribution in [0.1, 0.15) is 0 Å². The first-order valence-corrected chi connectivity index (χ1v) is 6.07. The quantitative estimate of drug-likeness (QED) is 0.570. The first-order chi connectivity index (χ1) is 10.1. The molecule has 7 heteroatoms. The first kappa shape index (κ1) is 12.8. The van der Waals surface area contributed by atoms with E-state index < -0.39 is 16.2 Å². The summed E-state index contributed by atoms with van der Waals surface area (Å²) in [6.07, 6.45) is 0. The molecule has 0 saturated carbocycles. The highest BCUT2D eigenvalue weighted by Crippen LogP contribution is 2.23. The minimum atomic E-state index is -0.715. The zero-order chi connectivity index (χ0) is 15.0. The van der Waals surface area contributed by atoms with Gasteiger partial charge < -0.3 is 0 Å². The van der Waals surface area contributed by atoms with Crippen molar-refractivity contribution in [2.75, 3.05) is 0 Å². The minimum absolute atomic E-state index is 0.111. The van der Waals surface area contributed by atoms with Crippen molar-refractivity contribution in [3.8, 4) is 5.69 Å². The Labute approximate surface area is 117 Å². The topological polar surface area (TPSA) is 98.0 Å². The molecule has 0 bridgehead atoms. The van der Waals surface area contributed by atoms with Gasteiger partial charge in [-0.3, -0.25) is 24.5 Å². The number of nitro benzene ring substituents is 1. The van der Waals surface area contributed by atoms with Crippen LogP contribution in [0, 0.1) is 10.1 Å². The largest absolute Gasteiger partial charge is 0.333 e. The number of aromatic amines is 1. The van der Waals surface area contributed by atoms with Crippen LogP contribution < -0.4 is 11.2 Å². The molecule has 104 valence electrons. The summed E-state index contributed by atoms with van der Waals surface area (Å²) >= 11 is 0. The molecule has 0 unspecified atom stereocenters. The number of para-hydroxylation sites is 3. The van der Waals surface area contributed by atoms with Crippen molar-refractivity contribution in [2.45, 2.75) is 0 Å². The fourth-order valence-corrected chi connectivity index (χ4v) is 2.24. The van der Waals surface area contributed by atoms with Crippen molar-refractivity contribution < 1.29 is 4.92 Å². The lowest BCUT2D eigenvalue weighted by atomic mass is 10.2. The van der Waals surface area contributed by atoms with Crippen molar-refractivity contribution in [1.82, 2.24) is 9.55 Å². The molecule has 1 heterocycles.